The van der Waals surface area contributed by atoms with Gasteiger partial charge >= 0.3 is 0 Å². The summed E-state index contributed by atoms with van der Waals surface area (Å²) in [6.45, 7) is 2.19. The lowest BCUT2D eigenvalue weighted by atomic mass is 10.1. The molecule has 1 aromatic rings. The largest absolute Gasteiger partial charge is 0.497 e. The van der Waals surface area contributed by atoms with Gasteiger partial charge in [-0.2, -0.15) is 0 Å². The molecule has 0 atom stereocenters. The molecule has 20 heavy (non-hydrogen) atoms. The Bertz CT molecular complexity index is 379. The molecule has 0 aliphatic rings. The summed E-state index contributed by atoms with van der Waals surface area (Å²) in [5.74, 6) is 1.97. The average Bonchev–Trinajstić information content (AvgIpc) is 2.45. The summed E-state index contributed by atoms with van der Waals surface area (Å²) in [7, 11) is 1.60. The first-order valence-electron chi connectivity index (χ1n) is 6.22. The minimum atomic E-state index is 0. The van der Waals surface area contributed by atoms with Gasteiger partial charge in [-0.25, -0.2) is 0 Å². The lowest BCUT2D eigenvalue weighted by Gasteiger charge is -2.19. The Labute approximate surface area is 136 Å². The standard InChI is InChI=1S/C14H19Cl2NO2.ClH/c1-19-13-4-2-12(3-5-13)14(18)6-9-17(10-7-15)11-8-16;/h2-5H,6-11H2,1H3;1H. The average molecular weight is 341 g/mol. The quantitative estimate of drug-likeness (QED) is 0.509. The highest BCUT2D eigenvalue weighted by Crippen LogP contribution is 2.13. The number of hydrogen-bond donors (Lipinski definition) is 0. The third-order valence-corrected chi connectivity index (χ3v) is 3.21. The van der Waals surface area contributed by atoms with Crippen molar-refractivity contribution in [2.45, 2.75) is 6.42 Å². The molecular formula is C14H20Cl3NO2. The molecular weight excluding hydrogens is 321 g/mol. The molecule has 0 saturated heterocycles. The van der Waals surface area contributed by atoms with Gasteiger partial charge in [-0.15, -0.1) is 35.6 Å². The Morgan fingerprint density at radius 3 is 2.10 bits per heavy atom. The monoisotopic (exact) mass is 339 g/mol. The van der Waals surface area contributed by atoms with Crippen LogP contribution in [-0.2, 0) is 0 Å². The molecule has 6 heteroatoms. The van der Waals surface area contributed by atoms with Crippen molar-refractivity contribution in [2.24, 2.45) is 0 Å². The summed E-state index contributed by atoms with van der Waals surface area (Å²) in [5.41, 5.74) is 0.706. The van der Waals surface area contributed by atoms with Gasteiger partial charge in [0, 0.05) is 43.4 Å². The molecule has 114 valence electrons. The minimum absolute atomic E-state index is 0. The summed E-state index contributed by atoms with van der Waals surface area (Å²) >= 11 is 11.4. The van der Waals surface area contributed by atoms with Crippen molar-refractivity contribution < 1.29 is 9.53 Å². The van der Waals surface area contributed by atoms with E-state index in [1.54, 1.807) is 31.4 Å². The fourth-order valence-electron chi connectivity index (χ4n) is 1.76. The maximum absolute atomic E-state index is 12.0. The Hall–Kier alpha value is -0.480. The van der Waals surface area contributed by atoms with Crippen LogP contribution >= 0.6 is 35.6 Å². The van der Waals surface area contributed by atoms with Crippen molar-refractivity contribution in [2.75, 3.05) is 38.5 Å². The first-order valence-corrected chi connectivity index (χ1v) is 7.29. The van der Waals surface area contributed by atoms with Crippen LogP contribution in [0.1, 0.15) is 16.8 Å². The van der Waals surface area contributed by atoms with Gasteiger partial charge in [0.15, 0.2) is 5.78 Å². The number of hydrogen-bond acceptors (Lipinski definition) is 3. The Kier molecular flexibility index (Phi) is 10.9. The second kappa shape index (κ2) is 11.2. The van der Waals surface area contributed by atoms with E-state index in [9.17, 15) is 4.79 Å². The van der Waals surface area contributed by atoms with Crippen LogP contribution in [-0.4, -0.2) is 49.2 Å². The van der Waals surface area contributed by atoms with E-state index >= 15 is 0 Å². The molecule has 0 bridgehead atoms. The molecule has 0 amide bonds. The highest BCUT2D eigenvalue weighted by Gasteiger charge is 2.09. The van der Waals surface area contributed by atoms with E-state index in [1.807, 2.05) is 0 Å². The van der Waals surface area contributed by atoms with Gasteiger partial charge in [-0.05, 0) is 24.3 Å². The number of alkyl halides is 2. The van der Waals surface area contributed by atoms with Crippen molar-refractivity contribution >= 4 is 41.4 Å². The van der Waals surface area contributed by atoms with Crippen LogP contribution in [0.3, 0.4) is 0 Å². The number of methoxy groups -OCH3 is 1. The number of carbonyl (C=O) groups excluding carboxylic acids is 1. The van der Waals surface area contributed by atoms with Gasteiger partial charge < -0.3 is 9.64 Å². The summed E-state index contributed by atoms with van der Waals surface area (Å²) in [5, 5.41) is 0. The number of ether oxygens (including phenoxy) is 1. The Balaban J connectivity index is 0.00000361. The van der Waals surface area contributed by atoms with Crippen LogP contribution in [0.25, 0.3) is 0 Å². The number of Topliss-reactive ketones (excluding diaryl/α,β-unsaturated/α-hetero) is 1. The molecule has 0 unspecified atom stereocenters. The van der Waals surface area contributed by atoms with Gasteiger partial charge in [0.05, 0.1) is 7.11 Å². The zero-order chi connectivity index (χ0) is 14.1. The number of nitrogens with zero attached hydrogens (tertiary/aromatic N) is 1. The van der Waals surface area contributed by atoms with Crippen LogP contribution in [0, 0.1) is 0 Å². The van der Waals surface area contributed by atoms with Crippen LogP contribution in [0.15, 0.2) is 24.3 Å². The molecule has 0 aliphatic heterocycles. The van der Waals surface area contributed by atoms with Gasteiger partial charge in [0.25, 0.3) is 0 Å². The number of rotatable bonds is 9. The molecule has 0 heterocycles. The SMILES string of the molecule is COc1ccc(C(=O)CCN(CCCl)CCCl)cc1.Cl. The summed E-state index contributed by atoms with van der Waals surface area (Å²) in [6.07, 6.45) is 0.472. The molecule has 1 aromatic carbocycles. The lowest BCUT2D eigenvalue weighted by molar-refractivity contribution is 0.0966. The van der Waals surface area contributed by atoms with Crippen molar-refractivity contribution in [1.29, 1.82) is 0 Å². The molecule has 3 nitrogen and oxygen atoms in total. The van der Waals surface area contributed by atoms with E-state index in [1.165, 1.54) is 0 Å². The Morgan fingerprint density at radius 2 is 1.65 bits per heavy atom. The minimum Gasteiger partial charge on any atom is -0.497 e. The first kappa shape index (κ1) is 19.5. The topological polar surface area (TPSA) is 29.5 Å². The van der Waals surface area contributed by atoms with E-state index in [4.69, 9.17) is 27.9 Å². The molecule has 0 radical (unpaired) electrons. The molecule has 0 aromatic heterocycles. The third-order valence-electron chi connectivity index (χ3n) is 2.87. The zero-order valence-corrected chi connectivity index (χ0v) is 13.8. The number of ketones is 1. The van der Waals surface area contributed by atoms with Crippen molar-refractivity contribution in [3.8, 4) is 5.75 Å². The van der Waals surface area contributed by atoms with E-state index in [-0.39, 0.29) is 18.2 Å². The molecule has 0 aliphatic carbocycles. The molecule has 1 rings (SSSR count). The van der Waals surface area contributed by atoms with Crippen LogP contribution in [0.2, 0.25) is 0 Å². The number of carbonyl (C=O) groups is 1. The normalized spacial score (nSPS) is 10.2. The van der Waals surface area contributed by atoms with Gasteiger partial charge in [0.1, 0.15) is 5.75 Å². The lowest BCUT2D eigenvalue weighted by Crippen LogP contribution is -2.30. The Morgan fingerprint density at radius 1 is 1.10 bits per heavy atom. The first-order chi connectivity index (χ1) is 9.21. The fraction of sp³-hybridized carbons (Fsp3) is 0.500. The second-order valence-electron chi connectivity index (χ2n) is 4.12. The summed E-state index contributed by atoms with van der Waals surface area (Å²) in [6, 6.07) is 7.16. The van der Waals surface area contributed by atoms with Crippen molar-refractivity contribution in [3.05, 3.63) is 29.8 Å². The molecule has 0 saturated carbocycles. The van der Waals surface area contributed by atoms with Crippen LogP contribution < -0.4 is 4.74 Å². The van der Waals surface area contributed by atoms with Crippen LogP contribution in [0.4, 0.5) is 0 Å². The molecule has 0 N–H and O–H groups in total. The maximum atomic E-state index is 12.0. The van der Waals surface area contributed by atoms with Gasteiger partial charge in [-0.3, -0.25) is 4.79 Å². The number of halogens is 3. The third kappa shape index (κ3) is 6.80. The number of benzene rings is 1. The van der Waals surface area contributed by atoms with Crippen molar-refractivity contribution in [3.63, 3.8) is 0 Å². The zero-order valence-electron chi connectivity index (χ0n) is 11.5. The van der Waals surface area contributed by atoms with Gasteiger partial charge in [0.2, 0.25) is 0 Å². The fourth-order valence-corrected chi connectivity index (χ4v) is 2.23. The second-order valence-corrected chi connectivity index (χ2v) is 4.88. The van der Waals surface area contributed by atoms with E-state index in [0.29, 0.717) is 30.3 Å². The molecule has 0 fully saturated rings. The summed E-state index contributed by atoms with van der Waals surface area (Å²) < 4.78 is 5.06. The maximum Gasteiger partial charge on any atom is 0.164 e. The highest BCUT2D eigenvalue weighted by atomic mass is 35.5. The summed E-state index contributed by atoms with van der Waals surface area (Å²) in [4.78, 5) is 14.1. The van der Waals surface area contributed by atoms with E-state index < -0.39 is 0 Å². The van der Waals surface area contributed by atoms with Gasteiger partial charge in [-0.1, -0.05) is 0 Å². The smallest absolute Gasteiger partial charge is 0.164 e. The van der Waals surface area contributed by atoms with E-state index in [2.05, 4.69) is 4.90 Å². The predicted molar refractivity (Wildman–Crippen MR) is 87.1 cm³/mol. The van der Waals surface area contributed by atoms with E-state index in [0.717, 1.165) is 18.8 Å². The predicted octanol–water partition coefficient (Wildman–Crippen LogP) is 3.47. The van der Waals surface area contributed by atoms with Crippen LogP contribution in [0.5, 0.6) is 5.75 Å². The molecule has 0 spiro atoms. The van der Waals surface area contributed by atoms with Crippen molar-refractivity contribution in [1.82, 2.24) is 4.90 Å². The highest BCUT2D eigenvalue weighted by molar-refractivity contribution is 6.18.